The largest absolute Gasteiger partial charge is 0.339 e. The minimum atomic E-state index is -0.334. The molecule has 1 N–H and O–H groups in total. The zero-order valence-electron chi connectivity index (χ0n) is 15.8. The smallest absolute Gasteiger partial charge is 0.321 e. The Kier molecular flexibility index (Phi) is 5.79. The minimum absolute atomic E-state index is 0.146. The van der Waals surface area contributed by atoms with Gasteiger partial charge in [0.2, 0.25) is 5.91 Å². The second kappa shape index (κ2) is 8.08. The fraction of sp³-hybridized carbons (Fsp3) is 0.500. The Morgan fingerprint density at radius 3 is 2.70 bits per heavy atom. The van der Waals surface area contributed by atoms with Crippen molar-refractivity contribution in [3.05, 3.63) is 42.7 Å². The Morgan fingerprint density at radius 2 is 2.00 bits per heavy atom. The molecule has 146 valence electrons. The van der Waals surface area contributed by atoms with E-state index in [9.17, 15) is 14.0 Å². The standard InChI is InChI=1S/C20H27FN4O2/c1-3-11-24-12-10-20(9-8-18(24)26)15-25(14-13-23(20)2)19(27)22-17-6-4-16(21)5-7-17/h3-7H,1,8-15H2,2H3,(H,22,27)/t20-/m0/s1. The number of likely N-dealkylation sites (N-methyl/N-ethyl adjacent to an activating group) is 1. The first-order valence-corrected chi connectivity index (χ1v) is 9.35. The number of piperazine rings is 1. The van der Waals surface area contributed by atoms with Crippen LogP contribution >= 0.6 is 0 Å². The summed E-state index contributed by atoms with van der Waals surface area (Å²) in [5, 5.41) is 2.84. The van der Waals surface area contributed by atoms with Gasteiger partial charge in [-0.2, -0.15) is 0 Å². The molecule has 3 amide bonds. The Balaban J connectivity index is 1.69. The average molecular weight is 374 g/mol. The summed E-state index contributed by atoms with van der Waals surface area (Å²) in [5.41, 5.74) is 0.367. The van der Waals surface area contributed by atoms with Crippen LogP contribution < -0.4 is 5.32 Å². The van der Waals surface area contributed by atoms with Gasteiger partial charge in [0, 0.05) is 50.4 Å². The number of rotatable bonds is 3. The van der Waals surface area contributed by atoms with Crippen LogP contribution in [0, 0.1) is 5.82 Å². The van der Waals surface area contributed by atoms with Gasteiger partial charge < -0.3 is 15.1 Å². The number of amides is 3. The molecule has 1 spiro atoms. The molecule has 2 heterocycles. The van der Waals surface area contributed by atoms with Crippen LogP contribution in [0.25, 0.3) is 0 Å². The first-order chi connectivity index (χ1) is 12.9. The van der Waals surface area contributed by atoms with Gasteiger partial charge in [0.25, 0.3) is 0 Å². The van der Waals surface area contributed by atoms with Crippen LogP contribution in [-0.4, -0.2) is 71.9 Å². The number of likely N-dealkylation sites (tertiary alicyclic amines) is 1. The molecule has 7 heteroatoms. The maximum absolute atomic E-state index is 13.1. The summed E-state index contributed by atoms with van der Waals surface area (Å²) < 4.78 is 13.1. The van der Waals surface area contributed by atoms with E-state index in [1.165, 1.54) is 12.1 Å². The molecule has 2 fully saturated rings. The van der Waals surface area contributed by atoms with E-state index in [0.717, 1.165) is 19.4 Å². The van der Waals surface area contributed by atoms with E-state index >= 15 is 0 Å². The number of benzene rings is 1. The van der Waals surface area contributed by atoms with Crippen molar-refractivity contribution in [3.8, 4) is 0 Å². The SMILES string of the molecule is C=CCN1CC[C@@]2(CCC1=O)CN(C(=O)Nc1ccc(F)cc1)CCN2C. The molecule has 2 aliphatic rings. The molecule has 0 bridgehead atoms. The predicted molar refractivity (Wildman–Crippen MR) is 103 cm³/mol. The van der Waals surface area contributed by atoms with Crippen molar-refractivity contribution in [2.24, 2.45) is 0 Å². The number of halogens is 1. The number of hydrogen-bond donors (Lipinski definition) is 1. The van der Waals surface area contributed by atoms with Crippen LogP contribution in [0.15, 0.2) is 36.9 Å². The highest BCUT2D eigenvalue weighted by molar-refractivity contribution is 5.89. The van der Waals surface area contributed by atoms with Crippen molar-refractivity contribution in [1.82, 2.24) is 14.7 Å². The van der Waals surface area contributed by atoms with Crippen molar-refractivity contribution in [1.29, 1.82) is 0 Å². The fourth-order valence-corrected chi connectivity index (χ4v) is 3.95. The van der Waals surface area contributed by atoms with Crippen LogP contribution in [0.1, 0.15) is 19.3 Å². The number of hydrogen-bond acceptors (Lipinski definition) is 3. The normalized spacial score (nSPS) is 24.0. The van der Waals surface area contributed by atoms with E-state index in [2.05, 4.69) is 23.8 Å². The van der Waals surface area contributed by atoms with Crippen molar-refractivity contribution in [2.75, 3.05) is 45.1 Å². The third-order valence-corrected chi connectivity index (χ3v) is 5.74. The third kappa shape index (κ3) is 4.30. The fourth-order valence-electron chi connectivity index (χ4n) is 3.95. The summed E-state index contributed by atoms with van der Waals surface area (Å²) in [6, 6.07) is 5.57. The van der Waals surface area contributed by atoms with Crippen LogP contribution in [0.4, 0.5) is 14.9 Å². The molecule has 0 aromatic heterocycles. The highest BCUT2D eigenvalue weighted by Gasteiger charge is 2.43. The van der Waals surface area contributed by atoms with Gasteiger partial charge in [-0.15, -0.1) is 6.58 Å². The molecule has 3 rings (SSSR count). The molecular formula is C20H27FN4O2. The monoisotopic (exact) mass is 374 g/mol. The van der Waals surface area contributed by atoms with Crippen LogP contribution in [0.5, 0.6) is 0 Å². The molecular weight excluding hydrogens is 347 g/mol. The Hall–Kier alpha value is -2.41. The Bertz CT molecular complexity index is 708. The molecule has 0 aliphatic carbocycles. The summed E-state index contributed by atoms with van der Waals surface area (Å²) in [6.45, 7) is 6.91. The van der Waals surface area contributed by atoms with Gasteiger partial charge >= 0.3 is 6.03 Å². The van der Waals surface area contributed by atoms with E-state index in [1.807, 2.05) is 4.90 Å². The quantitative estimate of drug-likeness (QED) is 0.828. The van der Waals surface area contributed by atoms with E-state index in [4.69, 9.17) is 0 Å². The topological polar surface area (TPSA) is 55.9 Å². The van der Waals surface area contributed by atoms with Gasteiger partial charge in [-0.3, -0.25) is 9.69 Å². The molecule has 0 unspecified atom stereocenters. The maximum atomic E-state index is 13.1. The molecule has 27 heavy (non-hydrogen) atoms. The number of carbonyl (C=O) groups is 2. The average Bonchev–Trinajstić information content (AvgIpc) is 2.81. The van der Waals surface area contributed by atoms with Crippen molar-refractivity contribution in [3.63, 3.8) is 0 Å². The highest BCUT2D eigenvalue weighted by atomic mass is 19.1. The summed E-state index contributed by atoms with van der Waals surface area (Å²) >= 11 is 0. The third-order valence-electron chi connectivity index (χ3n) is 5.74. The van der Waals surface area contributed by atoms with Crippen LogP contribution in [0.3, 0.4) is 0 Å². The molecule has 0 saturated carbocycles. The lowest BCUT2D eigenvalue weighted by atomic mass is 9.86. The predicted octanol–water partition coefficient (Wildman–Crippen LogP) is 2.54. The lowest BCUT2D eigenvalue weighted by Gasteiger charge is -2.49. The maximum Gasteiger partial charge on any atom is 0.321 e. The van der Waals surface area contributed by atoms with Crippen LogP contribution in [-0.2, 0) is 4.79 Å². The molecule has 2 aliphatic heterocycles. The number of nitrogens with one attached hydrogen (secondary N) is 1. The Morgan fingerprint density at radius 1 is 1.26 bits per heavy atom. The first kappa shape index (κ1) is 19.4. The first-order valence-electron chi connectivity index (χ1n) is 9.35. The second-order valence-corrected chi connectivity index (χ2v) is 7.38. The minimum Gasteiger partial charge on any atom is -0.339 e. The molecule has 1 aromatic rings. The van der Waals surface area contributed by atoms with E-state index < -0.39 is 0 Å². The van der Waals surface area contributed by atoms with E-state index in [0.29, 0.717) is 38.3 Å². The van der Waals surface area contributed by atoms with E-state index in [-0.39, 0.29) is 23.3 Å². The molecule has 1 atom stereocenters. The summed E-state index contributed by atoms with van der Waals surface area (Å²) in [4.78, 5) is 31.0. The number of urea groups is 1. The van der Waals surface area contributed by atoms with Gasteiger partial charge in [-0.25, -0.2) is 9.18 Å². The Labute approximate surface area is 159 Å². The van der Waals surface area contributed by atoms with Crippen molar-refractivity contribution in [2.45, 2.75) is 24.8 Å². The number of carbonyl (C=O) groups excluding carboxylic acids is 2. The molecule has 2 saturated heterocycles. The number of nitrogens with zero attached hydrogens (tertiary/aromatic N) is 3. The number of anilines is 1. The molecule has 6 nitrogen and oxygen atoms in total. The van der Waals surface area contributed by atoms with Crippen molar-refractivity contribution >= 4 is 17.6 Å². The van der Waals surface area contributed by atoms with Gasteiger partial charge in [0.15, 0.2) is 0 Å². The highest BCUT2D eigenvalue weighted by Crippen LogP contribution is 2.32. The van der Waals surface area contributed by atoms with Gasteiger partial charge in [-0.1, -0.05) is 6.08 Å². The van der Waals surface area contributed by atoms with Gasteiger partial charge in [0.1, 0.15) is 5.82 Å². The molecule has 0 radical (unpaired) electrons. The van der Waals surface area contributed by atoms with Crippen molar-refractivity contribution < 1.29 is 14.0 Å². The summed E-state index contributed by atoms with van der Waals surface area (Å²) in [7, 11) is 2.07. The zero-order valence-corrected chi connectivity index (χ0v) is 15.8. The van der Waals surface area contributed by atoms with Gasteiger partial charge in [0.05, 0.1) is 0 Å². The zero-order chi connectivity index (χ0) is 19.4. The van der Waals surface area contributed by atoms with Gasteiger partial charge in [-0.05, 0) is 44.2 Å². The molecule has 1 aromatic carbocycles. The lowest BCUT2D eigenvalue weighted by molar-refractivity contribution is -0.130. The van der Waals surface area contributed by atoms with Crippen LogP contribution in [0.2, 0.25) is 0 Å². The second-order valence-electron chi connectivity index (χ2n) is 7.38. The lowest BCUT2D eigenvalue weighted by Crippen LogP contribution is -2.62. The summed E-state index contributed by atoms with van der Waals surface area (Å²) in [6.07, 6.45) is 3.79. The van der Waals surface area contributed by atoms with E-state index in [1.54, 1.807) is 23.1 Å². The summed E-state index contributed by atoms with van der Waals surface area (Å²) in [5.74, 6) is -0.188.